The van der Waals surface area contributed by atoms with Crippen molar-refractivity contribution in [2.45, 2.75) is 71.4 Å². The number of aryl methyl sites for hydroxylation is 2. The smallest absolute Gasteiger partial charge is 0.226 e. The maximum Gasteiger partial charge on any atom is 0.226 e. The summed E-state index contributed by atoms with van der Waals surface area (Å²) >= 11 is 0. The predicted octanol–water partition coefficient (Wildman–Crippen LogP) is 3.31. The number of rotatable bonds is 5. The monoisotopic (exact) mass is 505 g/mol. The van der Waals surface area contributed by atoms with Gasteiger partial charge in [-0.1, -0.05) is 30.7 Å². The molecule has 0 atom stereocenters. The summed E-state index contributed by atoms with van der Waals surface area (Å²) in [5.74, 6) is 2.08. The highest BCUT2D eigenvalue weighted by atomic mass is 16.5. The molecule has 198 valence electrons. The van der Waals surface area contributed by atoms with Crippen molar-refractivity contribution in [3.05, 3.63) is 59.4 Å². The Balaban J connectivity index is 1.27. The summed E-state index contributed by atoms with van der Waals surface area (Å²) in [5.41, 5.74) is 2.76. The van der Waals surface area contributed by atoms with E-state index in [4.69, 9.17) is 4.74 Å². The molecule has 0 radical (unpaired) electrons. The predicted molar refractivity (Wildman–Crippen MR) is 141 cm³/mol. The fourth-order valence-electron chi connectivity index (χ4n) is 5.37. The van der Waals surface area contributed by atoms with E-state index in [0.717, 1.165) is 87.7 Å². The molecular formula is C28H39N7O2. The number of carbonyl (C=O) groups excluding carboxylic acids is 1. The maximum absolute atomic E-state index is 13.7. The van der Waals surface area contributed by atoms with Gasteiger partial charge in [-0.3, -0.25) is 14.4 Å². The number of aromatic amines is 1. The number of benzene rings is 1. The highest BCUT2D eigenvalue weighted by molar-refractivity contribution is 5.83. The van der Waals surface area contributed by atoms with Crippen LogP contribution >= 0.6 is 0 Å². The van der Waals surface area contributed by atoms with E-state index in [1.165, 1.54) is 12.0 Å². The Morgan fingerprint density at radius 3 is 2.78 bits per heavy atom. The minimum atomic E-state index is -0.474. The van der Waals surface area contributed by atoms with Crippen molar-refractivity contribution in [1.82, 2.24) is 35.2 Å². The van der Waals surface area contributed by atoms with Crippen molar-refractivity contribution in [2.75, 3.05) is 26.2 Å². The number of hydrogen-bond acceptors (Lipinski definition) is 6. The van der Waals surface area contributed by atoms with Crippen molar-refractivity contribution in [2.24, 2.45) is 5.41 Å². The van der Waals surface area contributed by atoms with Gasteiger partial charge in [-0.25, -0.2) is 4.98 Å². The summed E-state index contributed by atoms with van der Waals surface area (Å²) in [7, 11) is 0. The van der Waals surface area contributed by atoms with Crippen LogP contribution in [0.4, 0.5) is 0 Å². The number of piperidine rings is 1. The Bertz CT molecular complexity index is 1150. The Morgan fingerprint density at radius 1 is 1.14 bits per heavy atom. The molecule has 9 nitrogen and oxygen atoms in total. The second kappa shape index (κ2) is 11.9. The largest absolute Gasteiger partial charge is 0.494 e. The molecule has 1 saturated heterocycles. The van der Waals surface area contributed by atoms with Crippen LogP contribution in [0.3, 0.4) is 0 Å². The molecule has 1 fully saturated rings. The third-order valence-corrected chi connectivity index (χ3v) is 7.67. The van der Waals surface area contributed by atoms with Gasteiger partial charge in [0.15, 0.2) is 0 Å². The van der Waals surface area contributed by atoms with E-state index in [9.17, 15) is 4.79 Å². The van der Waals surface area contributed by atoms with E-state index in [-0.39, 0.29) is 5.91 Å². The average molecular weight is 506 g/mol. The molecule has 3 aromatic rings. The number of amides is 1. The Morgan fingerprint density at radius 2 is 1.97 bits per heavy atom. The normalized spacial score (nSPS) is 18.9. The summed E-state index contributed by atoms with van der Waals surface area (Å²) in [6.07, 6.45) is 11.1. The van der Waals surface area contributed by atoms with Crippen LogP contribution in [0, 0.1) is 5.41 Å². The van der Waals surface area contributed by atoms with Crippen molar-refractivity contribution >= 4 is 5.91 Å². The van der Waals surface area contributed by atoms with Gasteiger partial charge in [0.2, 0.25) is 5.91 Å². The molecule has 1 spiro atoms. The molecule has 3 aliphatic rings. The van der Waals surface area contributed by atoms with E-state index >= 15 is 0 Å². The second-order valence-corrected chi connectivity index (χ2v) is 10.5. The first kappa shape index (κ1) is 25.4. The second-order valence-electron chi connectivity index (χ2n) is 10.5. The highest BCUT2D eigenvalue weighted by Crippen LogP contribution is 2.36. The van der Waals surface area contributed by atoms with E-state index < -0.39 is 5.41 Å². The lowest BCUT2D eigenvalue weighted by Gasteiger charge is -2.40. The Kier molecular flexibility index (Phi) is 8.18. The van der Waals surface area contributed by atoms with Gasteiger partial charge in [0.25, 0.3) is 0 Å². The number of fused-ring (bicyclic) bond motifs is 8. The number of hydrogen-bond donors (Lipinski definition) is 2. The van der Waals surface area contributed by atoms with Gasteiger partial charge in [-0.05, 0) is 56.5 Å². The van der Waals surface area contributed by atoms with Crippen LogP contribution in [0.25, 0.3) is 0 Å². The number of nitrogens with zero attached hydrogens (tertiary/aromatic N) is 5. The molecule has 0 aliphatic carbocycles. The lowest BCUT2D eigenvalue weighted by atomic mass is 9.74. The summed E-state index contributed by atoms with van der Waals surface area (Å²) in [6.45, 7) is 6.75. The zero-order valence-electron chi connectivity index (χ0n) is 21.9. The van der Waals surface area contributed by atoms with Crippen LogP contribution < -0.4 is 10.1 Å². The molecule has 2 N–H and O–H groups in total. The van der Waals surface area contributed by atoms with E-state index in [1.54, 1.807) is 0 Å². The van der Waals surface area contributed by atoms with Gasteiger partial charge in [0.1, 0.15) is 11.6 Å². The fraction of sp³-hybridized carbons (Fsp3) is 0.571. The maximum atomic E-state index is 13.7. The topological polar surface area (TPSA) is 101 Å². The summed E-state index contributed by atoms with van der Waals surface area (Å²) in [4.78, 5) is 24.1. The van der Waals surface area contributed by atoms with Crippen LogP contribution in [0.5, 0.6) is 5.75 Å². The molecule has 6 rings (SSSR count). The summed E-state index contributed by atoms with van der Waals surface area (Å²) in [5, 5.41) is 12.0. The van der Waals surface area contributed by atoms with Crippen LogP contribution in [0.1, 0.15) is 61.8 Å². The number of likely N-dealkylation sites (tertiary alicyclic amines) is 1. The van der Waals surface area contributed by atoms with E-state index in [1.807, 2.05) is 29.2 Å². The molecule has 9 heteroatoms. The molecule has 1 aromatic carbocycles. The van der Waals surface area contributed by atoms with Crippen molar-refractivity contribution in [3.63, 3.8) is 0 Å². The number of ether oxygens (including phenoxy) is 1. The highest BCUT2D eigenvalue weighted by Gasteiger charge is 2.42. The first-order chi connectivity index (χ1) is 18.1. The quantitative estimate of drug-likeness (QED) is 0.552. The SMILES string of the molecule is CCCCc1ncc(CN2CCC3(CC2)Cc2cn(nn2)CCCOc2ccc(cc2)CCNC3=O)[nH]1. The number of nitrogens with one attached hydrogen (secondary N) is 2. The van der Waals surface area contributed by atoms with Gasteiger partial charge in [-0.2, -0.15) is 0 Å². The van der Waals surface area contributed by atoms with Gasteiger partial charge >= 0.3 is 0 Å². The van der Waals surface area contributed by atoms with Gasteiger partial charge in [0, 0.05) is 57.0 Å². The van der Waals surface area contributed by atoms with Crippen LogP contribution in [-0.4, -0.2) is 62.0 Å². The number of unbranched alkanes of at least 4 members (excludes halogenated alkanes) is 1. The van der Waals surface area contributed by atoms with E-state index in [2.05, 4.69) is 49.6 Å². The zero-order valence-corrected chi connectivity index (χ0v) is 21.9. The van der Waals surface area contributed by atoms with Crippen molar-refractivity contribution < 1.29 is 9.53 Å². The standard InChI is InChI=1S/C28H39N7O2/c1-2-3-5-26-30-19-24(31-26)20-34-15-11-28(12-16-34)18-23-21-35(33-32-23)14-4-17-37-25-8-6-22(7-9-25)10-13-29-27(28)36/h6-9,19,21H,2-5,10-18,20H2,1H3,(H,29,36)(H,30,31). The molecule has 3 aliphatic heterocycles. The molecular weight excluding hydrogens is 466 g/mol. The molecule has 2 aromatic heterocycles. The first-order valence-electron chi connectivity index (χ1n) is 13.8. The average Bonchev–Trinajstić information content (AvgIpc) is 3.56. The van der Waals surface area contributed by atoms with E-state index in [0.29, 0.717) is 19.6 Å². The number of carbonyl (C=O) groups is 1. The van der Waals surface area contributed by atoms with Gasteiger partial charge in [-0.15, -0.1) is 5.10 Å². The number of H-pyrrole nitrogens is 1. The third-order valence-electron chi connectivity index (χ3n) is 7.67. The molecule has 0 unspecified atom stereocenters. The number of imidazole rings is 1. The van der Waals surface area contributed by atoms with Crippen molar-refractivity contribution in [3.8, 4) is 5.75 Å². The number of aromatic nitrogens is 5. The lowest BCUT2D eigenvalue weighted by Crippen LogP contribution is -2.50. The van der Waals surface area contributed by atoms with Crippen molar-refractivity contribution in [1.29, 1.82) is 0 Å². The summed E-state index contributed by atoms with van der Waals surface area (Å²) < 4.78 is 7.74. The first-order valence-corrected chi connectivity index (χ1v) is 13.8. The minimum Gasteiger partial charge on any atom is -0.494 e. The van der Waals surface area contributed by atoms with Gasteiger partial charge < -0.3 is 15.0 Å². The molecule has 4 bridgehead atoms. The van der Waals surface area contributed by atoms with Crippen LogP contribution in [-0.2, 0) is 37.1 Å². The lowest BCUT2D eigenvalue weighted by molar-refractivity contribution is -0.134. The molecule has 37 heavy (non-hydrogen) atoms. The van der Waals surface area contributed by atoms with Crippen LogP contribution in [0.2, 0.25) is 0 Å². The fourth-order valence-corrected chi connectivity index (χ4v) is 5.37. The third kappa shape index (κ3) is 6.57. The minimum absolute atomic E-state index is 0.134. The Hall–Kier alpha value is -3.20. The summed E-state index contributed by atoms with van der Waals surface area (Å²) in [6, 6.07) is 8.18. The Labute approximate surface area is 219 Å². The molecule has 5 heterocycles. The van der Waals surface area contributed by atoms with Crippen LogP contribution in [0.15, 0.2) is 36.7 Å². The van der Waals surface area contributed by atoms with Gasteiger partial charge in [0.05, 0.1) is 17.7 Å². The molecule has 0 saturated carbocycles. The zero-order chi connectivity index (χ0) is 25.5. The molecule has 1 amide bonds.